The van der Waals surface area contributed by atoms with Gasteiger partial charge in [-0.2, -0.15) is 0 Å². The Morgan fingerprint density at radius 1 is 1.57 bits per heavy atom. The number of carboxylic acid groups (broad SMARTS) is 1. The number of methoxy groups -OCH3 is 1. The van der Waals surface area contributed by atoms with Crippen molar-refractivity contribution in [1.82, 2.24) is 0 Å². The molecular formula is C8H11ClN2O3. The van der Waals surface area contributed by atoms with E-state index in [1.165, 1.54) is 13.2 Å². The van der Waals surface area contributed by atoms with E-state index in [2.05, 4.69) is 5.43 Å². The molecule has 0 saturated heterocycles. The van der Waals surface area contributed by atoms with Crippen LogP contribution in [0.5, 0.6) is 5.75 Å². The summed E-state index contributed by atoms with van der Waals surface area (Å²) in [6.45, 7) is 0. The van der Waals surface area contributed by atoms with Crippen LogP contribution in [0.2, 0.25) is 0 Å². The Balaban J connectivity index is 0.00000169. The highest BCUT2D eigenvalue weighted by Gasteiger charge is 2.10. The lowest BCUT2D eigenvalue weighted by Crippen LogP contribution is -2.08. The van der Waals surface area contributed by atoms with Crippen molar-refractivity contribution in [2.24, 2.45) is 5.84 Å². The Kier molecular flexibility index (Phi) is 4.76. The van der Waals surface area contributed by atoms with E-state index in [4.69, 9.17) is 15.7 Å². The van der Waals surface area contributed by atoms with Crippen LogP contribution in [0.1, 0.15) is 10.4 Å². The number of anilines is 1. The molecule has 6 heteroatoms. The van der Waals surface area contributed by atoms with E-state index in [1.807, 2.05) is 0 Å². The maximum absolute atomic E-state index is 10.7. The van der Waals surface area contributed by atoms with E-state index < -0.39 is 5.97 Å². The molecule has 0 heterocycles. The highest BCUT2D eigenvalue weighted by atomic mass is 35.5. The normalized spacial score (nSPS) is 8.71. The van der Waals surface area contributed by atoms with Gasteiger partial charge < -0.3 is 15.3 Å². The minimum absolute atomic E-state index is 0. The van der Waals surface area contributed by atoms with Crippen molar-refractivity contribution in [3.8, 4) is 5.75 Å². The quantitative estimate of drug-likeness (QED) is 0.523. The van der Waals surface area contributed by atoms with Crippen LogP contribution >= 0.6 is 12.4 Å². The van der Waals surface area contributed by atoms with Crippen molar-refractivity contribution < 1.29 is 14.6 Å². The Bertz CT molecular complexity index is 330. The van der Waals surface area contributed by atoms with Gasteiger partial charge in [-0.15, -0.1) is 12.4 Å². The largest absolute Gasteiger partial charge is 0.496 e. The van der Waals surface area contributed by atoms with Crippen LogP contribution in [0.15, 0.2) is 18.2 Å². The monoisotopic (exact) mass is 218 g/mol. The van der Waals surface area contributed by atoms with Crippen molar-refractivity contribution in [1.29, 1.82) is 0 Å². The zero-order valence-electron chi connectivity index (χ0n) is 7.48. The lowest BCUT2D eigenvalue weighted by molar-refractivity contribution is 0.0693. The number of hydrazine groups is 1. The van der Waals surface area contributed by atoms with Gasteiger partial charge in [0.05, 0.1) is 7.11 Å². The minimum atomic E-state index is -1.05. The molecule has 0 amide bonds. The van der Waals surface area contributed by atoms with E-state index in [-0.39, 0.29) is 18.0 Å². The average molecular weight is 219 g/mol. The van der Waals surface area contributed by atoms with Gasteiger partial charge in [-0.05, 0) is 18.2 Å². The Hall–Kier alpha value is -1.46. The molecule has 0 fully saturated rings. The molecule has 0 aromatic heterocycles. The van der Waals surface area contributed by atoms with Crippen LogP contribution in [0.25, 0.3) is 0 Å². The smallest absolute Gasteiger partial charge is 0.339 e. The number of rotatable bonds is 3. The number of hydrogen-bond donors (Lipinski definition) is 3. The summed E-state index contributed by atoms with van der Waals surface area (Å²) < 4.78 is 4.86. The number of carbonyl (C=O) groups is 1. The van der Waals surface area contributed by atoms with Crippen molar-refractivity contribution in [2.45, 2.75) is 0 Å². The molecule has 0 atom stereocenters. The van der Waals surface area contributed by atoms with E-state index in [1.54, 1.807) is 12.1 Å². The van der Waals surface area contributed by atoms with Gasteiger partial charge >= 0.3 is 5.97 Å². The molecule has 1 rings (SSSR count). The van der Waals surface area contributed by atoms with E-state index in [0.29, 0.717) is 11.4 Å². The number of benzene rings is 1. The number of nitrogens with two attached hydrogens (primary N) is 1. The molecule has 0 saturated carbocycles. The number of ether oxygens (including phenoxy) is 1. The first-order valence-electron chi connectivity index (χ1n) is 3.57. The van der Waals surface area contributed by atoms with Crippen molar-refractivity contribution in [3.05, 3.63) is 23.8 Å². The molecular weight excluding hydrogens is 208 g/mol. The molecule has 0 spiro atoms. The summed E-state index contributed by atoms with van der Waals surface area (Å²) in [7, 11) is 1.41. The van der Waals surface area contributed by atoms with Gasteiger partial charge in [0.25, 0.3) is 0 Å². The first-order chi connectivity index (χ1) is 6.19. The number of carboxylic acids is 1. The van der Waals surface area contributed by atoms with Crippen molar-refractivity contribution in [2.75, 3.05) is 12.5 Å². The Morgan fingerprint density at radius 3 is 2.64 bits per heavy atom. The van der Waals surface area contributed by atoms with Crippen LogP contribution in [0.4, 0.5) is 5.69 Å². The highest BCUT2D eigenvalue weighted by molar-refractivity contribution is 5.92. The molecule has 5 nitrogen and oxygen atoms in total. The van der Waals surface area contributed by atoms with E-state index >= 15 is 0 Å². The highest BCUT2D eigenvalue weighted by Crippen LogP contribution is 2.21. The average Bonchev–Trinajstić information content (AvgIpc) is 2.16. The fourth-order valence-electron chi connectivity index (χ4n) is 0.965. The summed E-state index contributed by atoms with van der Waals surface area (Å²) in [5, 5.41) is 8.77. The molecule has 78 valence electrons. The molecule has 1 aromatic rings. The zero-order chi connectivity index (χ0) is 9.84. The van der Waals surface area contributed by atoms with Crippen LogP contribution in [-0.4, -0.2) is 18.2 Å². The van der Waals surface area contributed by atoms with Crippen LogP contribution < -0.4 is 16.0 Å². The second kappa shape index (κ2) is 5.31. The predicted molar refractivity (Wildman–Crippen MR) is 55.0 cm³/mol. The molecule has 0 aliphatic heterocycles. The third-order valence-corrected chi connectivity index (χ3v) is 1.60. The number of hydrogen-bond acceptors (Lipinski definition) is 4. The second-order valence-corrected chi connectivity index (χ2v) is 2.36. The SMILES string of the molecule is COc1ccc(NN)cc1C(=O)O.Cl. The van der Waals surface area contributed by atoms with Gasteiger partial charge in [-0.25, -0.2) is 4.79 Å². The van der Waals surface area contributed by atoms with E-state index in [9.17, 15) is 4.79 Å². The zero-order valence-corrected chi connectivity index (χ0v) is 8.30. The molecule has 14 heavy (non-hydrogen) atoms. The number of aromatic carboxylic acids is 1. The van der Waals surface area contributed by atoms with Crippen molar-refractivity contribution >= 4 is 24.1 Å². The standard InChI is InChI=1S/C8H10N2O3.ClH/c1-13-7-3-2-5(10-9)4-6(7)8(11)12;/h2-4,10H,9H2,1H3,(H,11,12);1H. The van der Waals surface area contributed by atoms with E-state index in [0.717, 1.165) is 0 Å². The lowest BCUT2D eigenvalue weighted by atomic mass is 10.2. The van der Waals surface area contributed by atoms with Gasteiger partial charge in [0.15, 0.2) is 0 Å². The van der Waals surface area contributed by atoms with Gasteiger partial charge in [0, 0.05) is 5.69 Å². The molecule has 0 aliphatic carbocycles. The fraction of sp³-hybridized carbons (Fsp3) is 0.125. The summed E-state index contributed by atoms with van der Waals surface area (Å²) in [6, 6.07) is 4.57. The number of nitrogen functional groups attached to an aromatic ring is 1. The van der Waals surface area contributed by atoms with Crippen LogP contribution in [-0.2, 0) is 0 Å². The maximum atomic E-state index is 10.7. The molecule has 0 bridgehead atoms. The molecule has 0 aliphatic rings. The predicted octanol–water partition coefficient (Wildman–Crippen LogP) is 1.10. The minimum Gasteiger partial charge on any atom is -0.496 e. The molecule has 0 unspecified atom stereocenters. The second-order valence-electron chi connectivity index (χ2n) is 2.36. The number of nitrogens with one attached hydrogen (secondary N) is 1. The lowest BCUT2D eigenvalue weighted by Gasteiger charge is -2.06. The van der Waals surface area contributed by atoms with Crippen LogP contribution in [0, 0.1) is 0 Å². The molecule has 0 radical (unpaired) electrons. The first-order valence-corrected chi connectivity index (χ1v) is 3.57. The summed E-state index contributed by atoms with van der Waals surface area (Å²) in [5.41, 5.74) is 2.96. The maximum Gasteiger partial charge on any atom is 0.339 e. The van der Waals surface area contributed by atoms with Crippen molar-refractivity contribution in [3.63, 3.8) is 0 Å². The number of halogens is 1. The van der Waals surface area contributed by atoms with Gasteiger partial charge in [0.2, 0.25) is 0 Å². The molecule has 1 aromatic carbocycles. The molecule has 4 N–H and O–H groups in total. The summed E-state index contributed by atoms with van der Waals surface area (Å²) in [6.07, 6.45) is 0. The van der Waals surface area contributed by atoms with Crippen LogP contribution in [0.3, 0.4) is 0 Å². The first kappa shape index (κ1) is 12.5. The van der Waals surface area contributed by atoms with Gasteiger partial charge in [0.1, 0.15) is 11.3 Å². The summed E-state index contributed by atoms with van der Waals surface area (Å²) in [4.78, 5) is 10.7. The summed E-state index contributed by atoms with van der Waals surface area (Å²) in [5.74, 6) is 4.39. The van der Waals surface area contributed by atoms with Gasteiger partial charge in [-0.1, -0.05) is 0 Å². The Morgan fingerprint density at radius 2 is 2.21 bits per heavy atom. The Labute approximate surface area is 87.2 Å². The third kappa shape index (κ3) is 2.51. The summed E-state index contributed by atoms with van der Waals surface area (Å²) >= 11 is 0. The third-order valence-electron chi connectivity index (χ3n) is 1.60. The topological polar surface area (TPSA) is 84.6 Å². The fourth-order valence-corrected chi connectivity index (χ4v) is 0.965. The van der Waals surface area contributed by atoms with Gasteiger partial charge in [-0.3, -0.25) is 5.84 Å².